The quantitative estimate of drug-likeness (QED) is 0.829. The Morgan fingerprint density at radius 2 is 1.78 bits per heavy atom. The molecule has 1 aliphatic heterocycles. The van der Waals surface area contributed by atoms with Crippen molar-refractivity contribution < 1.29 is 0 Å². The molecule has 2 heteroatoms. The average Bonchev–Trinajstić information content (AvgIpc) is 3.29. The minimum Gasteiger partial charge on any atom is -0.309 e. The van der Waals surface area contributed by atoms with E-state index in [9.17, 15) is 0 Å². The highest BCUT2D eigenvalue weighted by Crippen LogP contribution is 2.44. The summed E-state index contributed by atoms with van der Waals surface area (Å²) < 4.78 is 0. The lowest BCUT2D eigenvalue weighted by molar-refractivity contribution is 0.416. The molecule has 0 amide bonds. The maximum absolute atomic E-state index is 3.83. The van der Waals surface area contributed by atoms with Crippen LogP contribution in [0.4, 0.5) is 0 Å². The van der Waals surface area contributed by atoms with E-state index >= 15 is 0 Å². The first-order chi connectivity index (χ1) is 8.90. The molecule has 2 nitrogen and oxygen atoms in total. The van der Waals surface area contributed by atoms with E-state index in [0.29, 0.717) is 0 Å². The van der Waals surface area contributed by atoms with Crippen molar-refractivity contribution in [3.63, 3.8) is 0 Å². The first-order valence-electron chi connectivity index (χ1n) is 7.45. The van der Waals surface area contributed by atoms with Gasteiger partial charge in [0.25, 0.3) is 0 Å². The molecule has 4 rings (SSSR count). The van der Waals surface area contributed by atoms with Gasteiger partial charge in [-0.1, -0.05) is 18.2 Å². The van der Waals surface area contributed by atoms with E-state index in [4.69, 9.17) is 0 Å². The number of nitrogens with one attached hydrogen (secondary N) is 2. The van der Waals surface area contributed by atoms with Gasteiger partial charge in [0.1, 0.15) is 0 Å². The minimum atomic E-state index is 0.816. The van der Waals surface area contributed by atoms with Crippen molar-refractivity contribution in [2.24, 2.45) is 11.8 Å². The predicted octanol–water partition coefficient (Wildman–Crippen LogP) is 2.57. The molecule has 1 aromatic carbocycles. The van der Waals surface area contributed by atoms with Crippen molar-refractivity contribution >= 4 is 0 Å². The van der Waals surface area contributed by atoms with Gasteiger partial charge in [0, 0.05) is 25.7 Å². The van der Waals surface area contributed by atoms with Crippen LogP contribution in [0.2, 0.25) is 0 Å². The normalized spacial score (nSPS) is 22.5. The molecule has 2 N–H and O–H groups in total. The lowest BCUT2D eigenvalue weighted by Gasteiger charge is -2.18. The molecule has 1 heterocycles. The van der Waals surface area contributed by atoms with Gasteiger partial charge >= 0.3 is 0 Å². The molecule has 2 aliphatic carbocycles. The molecule has 0 radical (unpaired) electrons. The van der Waals surface area contributed by atoms with Crippen LogP contribution in [0.15, 0.2) is 18.2 Å². The summed E-state index contributed by atoms with van der Waals surface area (Å²) in [6, 6.07) is 7.81. The molecule has 0 unspecified atom stereocenters. The summed E-state index contributed by atoms with van der Waals surface area (Å²) in [5.74, 6) is 1.99. The van der Waals surface area contributed by atoms with Gasteiger partial charge in [0.15, 0.2) is 0 Å². The van der Waals surface area contributed by atoms with Crippen LogP contribution in [0.25, 0.3) is 0 Å². The van der Waals surface area contributed by atoms with Gasteiger partial charge in [-0.05, 0) is 54.2 Å². The molecule has 2 fully saturated rings. The van der Waals surface area contributed by atoms with Crippen molar-refractivity contribution in [2.75, 3.05) is 0 Å². The zero-order valence-electron chi connectivity index (χ0n) is 10.9. The number of benzene rings is 1. The zero-order valence-corrected chi connectivity index (χ0v) is 10.9. The smallest absolute Gasteiger partial charge is 0.0212 e. The van der Waals surface area contributed by atoms with Gasteiger partial charge in [0.05, 0.1) is 0 Å². The Morgan fingerprint density at radius 1 is 1.06 bits per heavy atom. The predicted molar refractivity (Wildman–Crippen MR) is 73.1 cm³/mol. The summed E-state index contributed by atoms with van der Waals surface area (Å²) in [5, 5.41) is 7.25. The van der Waals surface area contributed by atoms with Crippen LogP contribution < -0.4 is 10.6 Å². The molecule has 0 bridgehead atoms. The second-order valence-corrected chi connectivity index (χ2v) is 6.29. The van der Waals surface area contributed by atoms with E-state index in [1.54, 1.807) is 0 Å². The second kappa shape index (κ2) is 4.36. The molecule has 18 heavy (non-hydrogen) atoms. The highest BCUT2D eigenvalue weighted by molar-refractivity contribution is 5.34. The van der Waals surface area contributed by atoms with Gasteiger partial charge in [-0.2, -0.15) is 0 Å². The Hall–Kier alpha value is -0.860. The zero-order chi connectivity index (χ0) is 11.9. The molecule has 96 valence electrons. The Labute approximate surface area is 109 Å². The molecule has 1 aromatic rings. The number of rotatable bonds is 5. The second-order valence-electron chi connectivity index (χ2n) is 6.29. The van der Waals surface area contributed by atoms with E-state index in [1.807, 2.05) is 0 Å². The highest BCUT2D eigenvalue weighted by atomic mass is 14.9. The molecule has 0 spiro atoms. The van der Waals surface area contributed by atoms with Gasteiger partial charge in [-0.15, -0.1) is 0 Å². The van der Waals surface area contributed by atoms with Crippen LogP contribution in [0.1, 0.15) is 42.4 Å². The van der Waals surface area contributed by atoms with Crippen molar-refractivity contribution in [3.05, 3.63) is 34.9 Å². The van der Waals surface area contributed by atoms with Gasteiger partial charge in [0.2, 0.25) is 0 Å². The topological polar surface area (TPSA) is 24.1 Å². The Balaban J connectivity index is 1.41. The third kappa shape index (κ3) is 2.19. The van der Waals surface area contributed by atoms with Crippen molar-refractivity contribution in [3.8, 4) is 0 Å². The van der Waals surface area contributed by atoms with Gasteiger partial charge in [-0.25, -0.2) is 0 Å². The van der Waals surface area contributed by atoms with E-state index in [0.717, 1.165) is 37.5 Å². The maximum Gasteiger partial charge on any atom is 0.0212 e. The van der Waals surface area contributed by atoms with Crippen LogP contribution in [-0.4, -0.2) is 6.04 Å². The van der Waals surface area contributed by atoms with Crippen molar-refractivity contribution in [1.82, 2.24) is 10.6 Å². The molecule has 0 saturated heterocycles. The Morgan fingerprint density at radius 3 is 2.50 bits per heavy atom. The fraction of sp³-hybridized carbons (Fsp3) is 0.625. The minimum absolute atomic E-state index is 0.816. The summed E-state index contributed by atoms with van der Waals surface area (Å²) in [5.41, 5.74) is 4.45. The van der Waals surface area contributed by atoms with Crippen molar-refractivity contribution in [1.29, 1.82) is 0 Å². The van der Waals surface area contributed by atoms with E-state index in [1.165, 1.54) is 42.4 Å². The monoisotopic (exact) mass is 242 g/mol. The summed E-state index contributed by atoms with van der Waals surface area (Å²) in [7, 11) is 0. The molecule has 2 saturated carbocycles. The van der Waals surface area contributed by atoms with Crippen LogP contribution >= 0.6 is 0 Å². The summed E-state index contributed by atoms with van der Waals surface area (Å²) in [4.78, 5) is 0. The maximum atomic E-state index is 3.83. The van der Waals surface area contributed by atoms with Gasteiger partial charge in [-0.3, -0.25) is 0 Å². The third-order valence-corrected chi connectivity index (χ3v) is 4.70. The Bertz CT molecular complexity index is 434. The number of hydrogen-bond acceptors (Lipinski definition) is 2. The average molecular weight is 242 g/mol. The lowest BCUT2D eigenvalue weighted by atomic mass is 10.0. The van der Waals surface area contributed by atoms with Crippen molar-refractivity contribution in [2.45, 2.75) is 51.4 Å². The van der Waals surface area contributed by atoms with E-state index in [-0.39, 0.29) is 0 Å². The Kier molecular flexibility index (Phi) is 2.66. The first kappa shape index (κ1) is 11.0. The van der Waals surface area contributed by atoms with E-state index < -0.39 is 0 Å². The molecular formula is C16H22N2. The van der Waals surface area contributed by atoms with Crippen LogP contribution in [-0.2, 0) is 19.6 Å². The largest absolute Gasteiger partial charge is 0.309 e. The van der Waals surface area contributed by atoms with Crippen LogP contribution in [0.3, 0.4) is 0 Å². The fourth-order valence-electron chi connectivity index (χ4n) is 3.32. The van der Waals surface area contributed by atoms with Gasteiger partial charge < -0.3 is 10.6 Å². The fourth-order valence-corrected chi connectivity index (χ4v) is 3.32. The standard InChI is InChI=1S/C16H22N2/c1-2-14-9-17-10-15(14)7-11(1)8-18-16(12-3-4-12)13-5-6-13/h1-2,7,12-13,16-18H,3-6,8-10H2. The molecule has 3 aliphatic rings. The molecule has 0 aromatic heterocycles. The number of hydrogen-bond donors (Lipinski definition) is 2. The number of fused-ring (bicyclic) bond motifs is 1. The van der Waals surface area contributed by atoms with Crippen LogP contribution in [0, 0.1) is 11.8 Å². The summed E-state index contributed by atoms with van der Waals surface area (Å²) in [6.45, 7) is 3.17. The lowest BCUT2D eigenvalue weighted by Crippen LogP contribution is -2.32. The summed E-state index contributed by atoms with van der Waals surface area (Å²) in [6.07, 6.45) is 5.84. The molecular weight excluding hydrogens is 220 g/mol. The molecule has 0 atom stereocenters. The highest BCUT2D eigenvalue weighted by Gasteiger charge is 2.40. The first-order valence-corrected chi connectivity index (χ1v) is 7.45. The third-order valence-electron chi connectivity index (χ3n) is 4.70. The van der Waals surface area contributed by atoms with Crippen LogP contribution in [0.5, 0.6) is 0 Å². The summed E-state index contributed by atoms with van der Waals surface area (Å²) >= 11 is 0. The SMILES string of the molecule is c1cc2c(cc1CNC(C1CC1)C1CC1)CNC2. The van der Waals surface area contributed by atoms with E-state index in [2.05, 4.69) is 28.8 Å².